The van der Waals surface area contributed by atoms with Crippen LogP contribution in [0.3, 0.4) is 0 Å². The van der Waals surface area contributed by atoms with Gasteiger partial charge in [-0.3, -0.25) is 4.90 Å². The van der Waals surface area contributed by atoms with Crippen LogP contribution in [0.2, 0.25) is 0 Å². The summed E-state index contributed by atoms with van der Waals surface area (Å²) < 4.78 is 5.11. The molecule has 0 aliphatic carbocycles. The number of hydrogen-bond acceptors (Lipinski definition) is 3. The van der Waals surface area contributed by atoms with E-state index in [-0.39, 0.29) is 0 Å². The van der Waals surface area contributed by atoms with E-state index >= 15 is 0 Å². The van der Waals surface area contributed by atoms with Crippen LogP contribution in [0.25, 0.3) is 0 Å². The number of methoxy groups -OCH3 is 1. The third kappa shape index (κ3) is 3.09. The fraction of sp³-hybridized carbons (Fsp3) is 0.583. The monoisotopic (exact) mass is 240 g/mol. The number of hydrogen-bond donors (Lipinski definition) is 0. The fourth-order valence-corrected chi connectivity index (χ4v) is 2.38. The van der Waals surface area contributed by atoms with Crippen molar-refractivity contribution in [3.63, 3.8) is 0 Å². The van der Waals surface area contributed by atoms with E-state index < -0.39 is 0 Å². The van der Waals surface area contributed by atoms with Crippen molar-refractivity contribution in [3.05, 3.63) is 23.9 Å². The number of rotatable bonds is 3. The molecule has 1 unspecified atom stereocenters. The number of nitrogens with zero attached hydrogens (tertiary/aromatic N) is 2. The van der Waals surface area contributed by atoms with Crippen molar-refractivity contribution in [2.75, 3.05) is 20.2 Å². The van der Waals surface area contributed by atoms with Crippen LogP contribution < -0.4 is 4.74 Å². The first-order chi connectivity index (χ1) is 7.78. The van der Waals surface area contributed by atoms with Crippen LogP contribution in [-0.2, 0) is 6.54 Å². The minimum Gasteiger partial charge on any atom is -0.481 e. The predicted octanol–water partition coefficient (Wildman–Crippen LogP) is 2.29. The molecule has 0 N–H and O–H groups in total. The Morgan fingerprint density at radius 1 is 1.56 bits per heavy atom. The van der Waals surface area contributed by atoms with Crippen LogP contribution in [0.4, 0.5) is 0 Å². The molecule has 0 radical (unpaired) electrons. The Hall–Kier alpha value is -0.800. The lowest BCUT2D eigenvalue weighted by atomic mass is 10.1. The third-order valence-electron chi connectivity index (χ3n) is 2.82. The van der Waals surface area contributed by atoms with Gasteiger partial charge in [-0.25, -0.2) is 4.98 Å². The number of ether oxygens (including phenoxy) is 1. The molecule has 1 saturated heterocycles. The lowest BCUT2D eigenvalue weighted by Gasteiger charge is -2.29. The summed E-state index contributed by atoms with van der Waals surface area (Å²) in [4.78, 5) is 6.75. The second-order valence-electron chi connectivity index (χ2n) is 4.15. The largest absolute Gasteiger partial charge is 0.481 e. The van der Waals surface area contributed by atoms with Crippen LogP contribution in [0.1, 0.15) is 18.5 Å². The van der Waals surface area contributed by atoms with Crippen LogP contribution in [0, 0.1) is 0 Å². The van der Waals surface area contributed by atoms with E-state index in [0.717, 1.165) is 31.7 Å². The Morgan fingerprint density at radius 3 is 3.19 bits per heavy atom. The SMILES string of the molecule is COc1cccc(CN2CCCC(Cl)C2)n1. The van der Waals surface area contributed by atoms with Gasteiger partial charge >= 0.3 is 0 Å². The van der Waals surface area contributed by atoms with Crippen molar-refractivity contribution < 1.29 is 4.74 Å². The van der Waals surface area contributed by atoms with Gasteiger partial charge in [0.2, 0.25) is 5.88 Å². The quantitative estimate of drug-likeness (QED) is 0.758. The molecule has 1 fully saturated rings. The van der Waals surface area contributed by atoms with E-state index in [0.29, 0.717) is 11.3 Å². The summed E-state index contributed by atoms with van der Waals surface area (Å²) in [6.07, 6.45) is 2.31. The van der Waals surface area contributed by atoms with E-state index in [1.165, 1.54) is 6.42 Å². The molecule has 1 aromatic rings. The summed E-state index contributed by atoms with van der Waals surface area (Å²) in [5, 5.41) is 0.291. The molecule has 1 aliphatic heterocycles. The molecule has 0 saturated carbocycles. The second-order valence-corrected chi connectivity index (χ2v) is 4.76. The second kappa shape index (κ2) is 5.51. The maximum Gasteiger partial charge on any atom is 0.213 e. The number of likely N-dealkylation sites (tertiary alicyclic amines) is 1. The van der Waals surface area contributed by atoms with E-state index in [2.05, 4.69) is 9.88 Å². The van der Waals surface area contributed by atoms with Crippen molar-refractivity contribution in [3.8, 4) is 5.88 Å². The van der Waals surface area contributed by atoms with Gasteiger partial charge < -0.3 is 4.74 Å². The molecule has 3 nitrogen and oxygen atoms in total. The van der Waals surface area contributed by atoms with Crippen molar-refractivity contribution in [2.24, 2.45) is 0 Å². The first-order valence-corrected chi connectivity index (χ1v) is 6.08. The highest BCUT2D eigenvalue weighted by molar-refractivity contribution is 6.20. The summed E-state index contributed by atoms with van der Waals surface area (Å²) in [5.74, 6) is 0.678. The molecule has 2 heterocycles. The molecule has 0 amide bonds. The van der Waals surface area contributed by atoms with E-state index in [1.807, 2.05) is 18.2 Å². The minimum absolute atomic E-state index is 0.291. The van der Waals surface area contributed by atoms with E-state index in [1.54, 1.807) is 7.11 Å². The maximum absolute atomic E-state index is 6.15. The van der Waals surface area contributed by atoms with Gasteiger partial charge in [0.05, 0.1) is 12.8 Å². The summed E-state index contributed by atoms with van der Waals surface area (Å²) in [5.41, 5.74) is 1.05. The van der Waals surface area contributed by atoms with Gasteiger partial charge in [-0.2, -0.15) is 0 Å². The highest BCUT2D eigenvalue weighted by Gasteiger charge is 2.18. The number of aromatic nitrogens is 1. The van der Waals surface area contributed by atoms with Crippen molar-refractivity contribution in [1.82, 2.24) is 9.88 Å². The fourth-order valence-electron chi connectivity index (χ4n) is 2.03. The summed E-state index contributed by atoms with van der Waals surface area (Å²) in [6, 6.07) is 5.87. The predicted molar refractivity (Wildman–Crippen MR) is 64.9 cm³/mol. The average Bonchev–Trinajstić information content (AvgIpc) is 2.29. The van der Waals surface area contributed by atoms with Gasteiger partial charge in [0, 0.05) is 24.5 Å². The zero-order valence-corrected chi connectivity index (χ0v) is 10.3. The van der Waals surface area contributed by atoms with Crippen LogP contribution in [0.5, 0.6) is 5.88 Å². The summed E-state index contributed by atoms with van der Waals surface area (Å²) in [6.45, 7) is 2.93. The first-order valence-electron chi connectivity index (χ1n) is 5.64. The lowest BCUT2D eigenvalue weighted by molar-refractivity contribution is 0.221. The molecule has 16 heavy (non-hydrogen) atoms. The van der Waals surface area contributed by atoms with Crippen molar-refractivity contribution in [2.45, 2.75) is 24.8 Å². The van der Waals surface area contributed by atoms with Gasteiger partial charge in [-0.05, 0) is 25.5 Å². The van der Waals surface area contributed by atoms with Gasteiger partial charge in [0.15, 0.2) is 0 Å². The topological polar surface area (TPSA) is 25.4 Å². The van der Waals surface area contributed by atoms with Gasteiger partial charge in [-0.15, -0.1) is 11.6 Å². The third-order valence-corrected chi connectivity index (χ3v) is 3.18. The van der Waals surface area contributed by atoms with Gasteiger partial charge in [-0.1, -0.05) is 6.07 Å². The average molecular weight is 241 g/mol. The standard InChI is InChI=1S/C12H17ClN2O/c1-16-12-6-2-5-11(14-12)9-15-7-3-4-10(13)8-15/h2,5-6,10H,3-4,7-9H2,1H3. The van der Waals surface area contributed by atoms with Crippen LogP contribution in [-0.4, -0.2) is 35.5 Å². The lowest BCUT2D eigenvalue weighted by Crippen LogP contribution is -2.35. The Labute approximate surface area is 101 Å². The van der Waals surface area contributed by atoms with Gasteiger partial charge in [0.1, 0.15) is 0 Å². The molecule has 0 spiro atoms. The highest BCUT2D eigenvalue weighted by atomic mass is 35.5. The Bertz CT molecular complexity index is 346. The molecule has 0 aromatic carbocycles. The number of pyridine rings is 1. The zero-order valence-electron chi connectivity index (χ0n) is 9.53. The minimum atomic E-state index is 0.291. The summed E-state index contributed by atoms with van der Waals surface area (Å²) in [7, 11) is 1.64. The smallest absolute Gasteiger partial charge is 0.213 e. The zero-order chi connectivity index (χ0) is 11.4. The van der Waals surface area contributed by atoms with E-state index in [4.69, 9.17) is 16.3 Å². The number of piperidine rings is 1. The molecule has 1 aliphatic rings. The molecule has 1 atom stereocenters. The van der Waals surface area contributed by atoms with Crippen LogP contribution >= 0.6 is 11.6 Å². The molecule has 4 heteroatoms. The molecule has 1 aromatic heterocycles. The van der Waals surface area contributed by atoms with Gasteiger partial charge in [0.25, 0.3) is 0 Å². The molecular formula is C12H17ClN2O. The highest BCUT2D eigenvalue weighted by Crippen LogP contribution is 2.17. The van der Waals surface area contributed by atoms with Crippen molar-refractivity contribution >= 4 is 11.6 Å². The number of halogens is 1. The molecular weight excluding hydrogens is 224 g/mol. The first kappa shape index (κ1) is 11.7. The van der Waals surface area contributed by atoms with Crippen LogP contribution in [0.15, 0.2) is 18.2 Å². The normalized spacial score (nSPS) is 22.0. The molecule has 88 valence electrons. The van der Waals surface area contributed by atoms with E-state index in [9.17, 15) is 0 Å². The number of alkyl halides is 1. The molecule has 2 rings (SSSR count). The Morgan fingerprint density at radius 2 is 2.44 bits per heavy atom. The summed E-state index contributed by atoms with van der Waals surface area (Å²) >= 11 is 6.15. The molecule has 0 bridgehead atoms. The Kier molecular flexibility index (Phi) is 4.02. The maximum atomic E-state index is 6.15. The Balaban J connectivity index is 1.97. The van der Waals surface area contributed by atoms with Crippen molar-refractivity contribution in [1.29, 1.82) is 0 Å².